The van der Waals surface area contributed by atoms with Crippen molar-refractivity contribution >= 4 is 21.4 Å². The van der Waals surface area contributed by atoms with Crippen LogP contribution in [0.5, 0.6) is 0 Å². The number of hydrogen-bond donors (Lipinski definition) is 0. The third-order valence-corrected chi connectivity index (χ3v) is 6.40. The fourth-order valence-corrected chi connectivity index (χ4v) is 4.22. The molecular formula is C24H21ClN2O2S. The minimum Gasteiger partial charge on any atom is -0.232 e. The minimum atomic E-state index is -3.26. The quantitative estimate of drug-likeness (QED) is 0.401. The molecule has 0 spiro atoms. The highest BCUT2D eigenvalue weighted by Gasteiger charge is 2.16. The summed E-state index contributed by atoms with van der Waals surface area (Å²) in [6, 6.07) is 22.7. The lowest BCUT2D eigenvalue weighted by Gasteiger charge is -2.11. The Labute approximate surface area is 181 Å². The maximum Gasteiger partial charge on any atom is 0.175 e. The first-order valence-electron chi connectivity index (χ1n) is 9.46. The van der Waals surface area contributed by atoms with Crippen LogP contribution in [0.3, 0.4) is 0 Å². The number of benzene rings is 3. The predicted molar refractivity (Wildman–Crippen MR) is 122 cm³/mol. The number of nitrogens with zero attached hydrogens (tertiary/aromatic N) is 2. The van der Waals surface area contributed by atoms with Crippen molar-refractivity contribution in [2.75, 3.05) is 6.26 Å². The summed E-state index contributed by atoms with van der Waals surface area (Å²) in [5, 5.41) is 5.51. The van der Waals surface area contributed by atoms with Crippen LogP contribution in [0.4, 0.5) is 0 Å². The molecule has 0 saturated heterocycles. The Morgan fingerprint density at radius 1 is 0.867 bits per heavy atom. The van der Waals surface area contributed by atoms with E-state index in [1.807, 2.05) is 35.0 Å². The summed E-state index contributed by atoms with van der Waals surface area (Å²) in [4.78, 5) is 0.282. The standard InChI is InChI=1S/C24H21ClN2O2S/c1-16-4-13-22(17(2)14-16)24-15-23(18-5-7-19(25)8-6-18)26-27(24)20-9-11-21(12-10-20)30(3,28)29/h4-15H,1-3H3. The van der Waals surface area contributed by atoms with E-state index in [0.717, 1.165) is 33.8 Å². The first-order valence-corrected chi connectivity index (χ1v) is 11.7. The summed E-state index contributed by atoms with van der Waals surface area (Å²) < 4.78 is 25.5. The van der Waals surface area contributed by atoms with Gasteiger partial charge in [0.05, 0.1) is 22.0 Å². The lowest BCUT2D eigenvalue weighted by atomic mass is 10.0. The Kier molecular flexibility index (Phi) is 5.26. The van der Waals surface area contributed by atoms with Gasteiger partial charge in [-0.1, -0.05) is 47.5 Å². The Hall–Kier alpha value is -2.89. The molecule has 3 aromatic carbocycles. The number of sulfone groups is 1. The van der Waals surface area contributed by atoms with Gasteiger partial charge < -0.3 is 0 Å². The Morgan fingerprint density at radius 2 is 1.53 bits per heavy atom. The summed E-state index contributed by atoms with van der Waals surface area (Å²) in [6.45, 7) is 4.14. The number of aromatic nitrogens is 2. The lowest BCUT2D eigenvalue weighted by molar-refractivity contribution is 0.602. The molecule has 4 nitrogen and oxygen atoms in total. The summed E-state index contributed by atoms with van der Waals surface area (Å²) in [5.41, 5.74) is 6.90. The molecule has 0 amide bonds. The summed E-state index contributed by atoms with van der Waals surface area (Å²) in [5.74, 6) is 0. The SMILES string of the molecule is Cc1ccc(-c2cc(-c3ccc(Cl)cc3)nn2-c2ccc(S(C)(=O)=O)cc2)c(C)c1. The van der Waals surface area contributed by atoms with Gasteiger partial charge in [0.1, 0.15) is 0 Å². The normalized spacial score (nSPS) is 11.6. The van der Waals surface area contributed by atoms with Gasteiger partial charge in [0.25, 0.3) is 0 Å². The molecule has 0 atom stereocenters. The van der Waals surface area contributed by atoms with Gasteiger partial charge in [0.15, 0.2) is 9.84 Å². The van der Waals surface area contributed by atoms with Crippen LogP contribution in [-0.4, -0.2) is 24.5 Å². The molecule has 0 aliphatic rings. The number of aryl methyl sites for hydroxylation is 2. The third kappa shape index (κ3) is 4.04. The van der Waals surface area contributed by atoms with Crippen molar-refractivity contribution in [3.8, 4) is 28.2 Å². The first-order chi connectivity index (χ1) is 14.2. The van der Waals surface area contributed by atoms with E-state index in [9.17, 15) is 8.42 Å². The molecule has 0 saturated carbocycles. The van der Waals surface area contributed by atoms with Crippen molar-refractivity contribution in [2.24, 2.45) is 0 Å². The maximum atomic E-state index is 11.8. The van der Waals surface area contributed by atoms with E-state index in [1.165, 1.54) is 11.8 Å². The fraction of sp³-hybridized carbons (Fsp3) is 0.125. The van der Waals surface area contributed by atoms with E-state index in [4.69, 9.17) is 16.7 Å². The number of halogens is 1. The van der Waals surface area contributed by atoms with Crippen molar-refractivity contribution in [3.63, 3.8) is 0 Å². The van der Waals surface area contributed by atoms with E-state index in [2.05, 4.69) is 32.0 Å². The van der Waals surface area contributed by atoms with E-state index in [1.54, 1.807) is 24.3 Å². The van der Waals surface area contributed by atoms with Crippen LogP contribution in [0, 0.1) is 13.8 Å². The molecule has 0 radical (unpaired) electrons. The second-order valence-corrected chi connectivity index (χ2v) is 9.87. The molecule has 0 unspecified atom stereocenters. The highest BCUT2D eigenvalue weighted by atomic mass is 35.5. The van der Waals surface area contributed by atoms with Crippen LogP contribution in [0.1, 0.15) is 11.1 Å². The monoisotopic (exact) mass is 436 g/mol. The number of rotatable bonds is 4. The summed E-state index contributed by atoms with van der Waals surface area (Å²) in [7, 11) is -3.26. The molecule has 0 bridgehead atoms. The zero-order chi connectivity index (χ0) is 21.5. The Balaban J connectivity index is 1.90. The lowest BCUT2D eigenvalue weighted by Crippen LogP contribution is -2.02. The second kappa shape index (κ2) is 7.74. The predicted octanol–water partition coefficient (Wildman–Crippen LogP) is 5.88. The van der Waals surface area contributed by atoms with Crippen molar-refractivity contribution in [1.29, 1.82) is 0 Å². The van der Waals surface area contributed by atoms with E-state index < -0.39 is 9.84 Å². The van der Waals surface area contributed by atoms with Crippen molar-refractivity contribution < 1.29 is 8.42 Å². The molecule has 0 fully saturated rings. The van der Waals surface area contributed by atoms with Crippen molar-refractivity contribution in [1.82, 2.24) is 9.78 Å². The van der Waals surface area contributed by atoms with Gasteiger partial charge in [0.2, 0.25) is 0 Å². The first kappa shape index (κ1) is 20.4. The van der Waals surface area contributed by atoms with Gasteiger partial charge >= 0.3 is 0 Å². The largest absolute Gasteiger partial charge is 0.232 e. The topological polar surface area (TPSA) is 52.0 Å². The van der Waals surface area contributed by atoms with Crippen LogP contribution in [0.2, 0.25) is 5.02 Å². The maximum absolute atomic E-state index is 11.8. The van der Waals surface area contributed by atoms with Gasteiger partial charge in [-0.2, -0.15) is 5.10 Å². The smallest absolute Gasteiger partial charge is 0.175 e. The highest BCUT2D eigenvalue weighted by molar-refractivity contribution is 7.90. The molecule has 0 aliphatic heterocycles. The van der Waals surface area contributed by atoms with Crippen LogP contribution in [0.15, 0.2) is 77.7 Å². The molecule has 6 heteroatoms. The van der Waals surface area contributed by atoms with Crippen molar-refractivity contribution in [2.45, 2.75) is 18.7 Å². The molecule has 1 heterocycles. The molecule has 30 heavy (non-hydrogen) atoms. The minimum absolute atomic E-state index is 0.282. The highest BCUT2D eigenvalue weighted by Crippen LogP contribution is 2.31. The Bertz CT molecular complexity index is 1320. The van der Waals surface area contributed by atoms with Crippen LogP contribution in [-0.2, 0) is 9.84 Å². The fourth-order valence-electron chi connectivity index (χ4n) is 3.47. The van der Waals surface area contributed by atoms with Crippen molar-refractivity contribution in [3.05, 3.63) is 88.9 Å². The average molecular weight is 437 g/mol. The van der Waals surface area contributed by atoms with Gasteiger partial charge in [-0.25, -0.2) is 13.1 Å². The molecular weight excluding hydrogens is 416 g/mol. The van der Waals surface area contributed by atoms with Crippen LogP contribution < -0.4 is 0 Å². The van der Waals surface area contributed by atoms with Crippen LogP contribution >= 0.6 is 11.6 Å². The third-order valence-electron chi connectivity index (χ3n) is 5.02. The van der Waals surface area contributed by atoms with E-state index >= 15 is 0 Å². The van der Waals surface area contributed by atoms with Gasteiger partial charge in [0, 0.05) is 22.4 Å². The second-order valence-electron chi connectivity index (χ2n) is 7.42. The number of hydrogen-bond acceptors (Lipinski definition) is 3. The van der Waals surface area contributed by atoms with Gasteiger partial charge in [-0.05, 0) is 61.9 Å². The average Bonchev–Trinajstić information content (AvgIpc) is 3.13. The van der Waals surface area contributed by atoms with Gasteiger partial charge in [-0.3, -0.25) is 0 Å². The summed E-state index contributed by atoms with van der Waals surface area (Å²) in [6.07, 6.45) is 1.20. The molecule has 0 N–H and O–H groups in total. The van der Waals surface area contributed by atoms with Crippen LogP contribution in [0.25, 0.3) is 28.2 Å². The Morgan fingerprint density at radius 3 is 2.13 bits per heavy atom. The van der Waals surface area contributed by atoms with E-state index in [-0.39, 0.29) is 4.90 Å². The molecule has 0 aliphatic carbocycles. The zero-order valence-corrected chi connectivity index (χ0v) is 18.5. The molecule has 152 valence electrons. The summed E-state index contributed by atoms with van der Waals surface area (Å²) >= 11 is 6.04. The zero-order valence-electron chi connectivity index (χ0n) is 16.9. The molecule has 4 aromatic rings. The molecule has 4 rings (SSSR count). The van der Waals surface area contributed by atoms with E-state index in [0.29, 0.717) is 5.02 Å². The molecule has 1 aromatic heterocycles. The van der Waals surface area contributed by atoms with Gasteiger partial charge in [-0.15, -0.1) is 0 Å².